The molecule has 6 nitrogen and oxygen atoms in total. The molecule has 26 heavy (non-hydrogen) atoms. The molecule has 0 atom stereocenters. The number of nitrogens with zero attached hydrogens (tertiary/aromatic N) is 1. The van der Waals surface area contributed by atoms with Crippen LogP contribution in [0.3, 0.4) is 0 Å². The van der Waals surface area contributed by atoms with Gasteiger partial charge in [-0.3, -0.25) is 9.79 Å². The minimum atomic E-state index is -2.92. The van der Waals surface area contributed by atoms with Crippen LogP contribution in [0.1, 0.15) is 26.3 Å². The number of carbonyl (C=O) groups excluding carboxylic acids is 1. The maximum Gasteiger partial charge on any atom is 0.387 e. The molecule has 0 bridgehead atoms. The highest BCUT2D eigenvalue weighted by Crippen LogP contribution is 2.24. The minimum Gasteiger partial charge on any atom is -0.434 e. The Morgan fingerprint density at radius 1 is 1.23 bits per heavy atom. The van der Waals surface area contributed by atoms with Crippen molar-refractivity contribution < 1.29 is 18.3 Å². The summed E-state index contributed by atoms with van der Waals surface area (Å²) in [4.78, 5) is 15.8. The predicted octanol–water partition coefficient (Wildman–Crippen LogP) is 2.77. The van der Waals surface area contributed by atoms with Gasteiger partial charge in [-0.05, 0) is 18.2 Å². The molecule has 1 rings (SSSR count). The van der Waals surface area contributed by atoms with E-state index >= 15 is 0 Å². The van der Waals surface area contributed by atoms with E-state index < -0.39 is 12.0 Å². The third-order valence-corrected chi connectivity index (χ3v) is 3.53. The molecule has 1 amide bonds. The molecular formula is C17H25ClF2N4O2. The van der Waals surface area contributed by atoms with Crippen molar-refractivity contribution in [3.05, 3.63) is 28.8 Å². The van der Waals surface area contributed by atoms with Crippen molar-refractivity contribution in [2.24, 2.45) is 10.4 Å². The molecule has 0 unspecified atom stereocenters. The average molecular weight is 391 g/mol. The number of hydrogen-bond acceptors (Lipinski definition) is 3. The number of hydrogen-bond donors (Lipinski definition) is 3. The van der Waals surface area contributed by atoms with Gasteiger partial charge in [0.1, 0.15) is 5.75 Å². The normalized spacial score (nSPS) is 12.1. The highest BCUT2D eigenvalue weighted by molar-refractivity contribution is 6.30. The van der Waals surface area contributed by atoms with Crippen molar-refractivity contribution >= 4 is 23.5 Å². The molecule has 0 heterocycles. The molecular weight excluding hydrogens is 366 g/mol. The molecule has 3 N–H and O–H groups in total. The van der Waals surface area contributed by atoms with Gasteiger partial charge in [-0.15, -0.1) is 0 Å². The number of aliphatic imine (C=N–C) groups is 1. The summed E-state index contributed by atoms with van der Waals surface area (Å²) in [5.74, 6) is 0.456. The Hall–Kier alpha value is -2.09. The van der Waals surface area contributed by atoms with Gasteiger partial charge >= 0.3 is 6.61 Å². The lowest BCUT2D eigenvalue weighted by atomic mass is 9.96. The van der Waals surface area contributed by atoms with E-state index in [1.54, 1.807) is 13.1 Å². The summed E-state index contributed by atoms with van der Waals surface area (Å²) in [5, 5.41) is 9.23. The lowest BCUT2D eigenvalue weighted by molar-refractivity contribution is -0.128. The fraction of sp³-hybridized carbons (Fsp3) is 0.529. The van der Waals surface area contributed by atoms with Crippen LogP contribution in [0.2, 0.25) is 5.02 Å². The van der Waals surface area contributed by atoms with Gasteiger partial charge in [0, 0.05) is 42.7 Å². The highest BCUT2D eigenvalue weighted by atomic mass is 35.5. The first-order valence-electron chi connectivity index (χ1n) is 8.09. The van der Waals surface area contributed by atoms with E-state index in [4.69, 9.17) is 11.6 Å². The largest absolute Gasteiger partial charge is 0.434 e. The van der Waals surface area contributed by atoms with Crippen LogP contribution in [-0.4, -0.2) is 38.6 Å². The molecule has 1 aromatic carbocycles. The monoisotopic (exact) mass is 390 g/mol. The lowest BCUT2D eigenvalue weighted by Crippen LogP contribution is -2.43. The summed E-state index contributed by atoms with van der Waals surface area (Å²) in [5.41, 5.74) is 0.0231. The van der Waals surface area contributed by atoms with Gasteiger partial charge in [-0.25, -0.2) is 0 Å². The minimum absolute atomic E-state index is 0.0461. The highest BCUT2D eigenvalue weighted by Gasteiger charge is 2.20. The van der Waals surface area contributed by atoms with E-state index in [-0.39, 0.29) is 18.2 Å². The Labute approximate surface area is 157 Å². The third-order valence-electron chi connectivity index (χ3n) is 3.29. The Kier molecular flexibility index (Phi) is 8.57. The maximum atomic E-state index is 12.5. The summed E-state index contributed by atoms with van der Waals surface area (Å²) in [7, 11) is 1.58. The Balaban J connectivity index is 2.52. The Bertz CT molecular complexity index is 634. The van der Waals surface area contributed by atoms with Crippen molar-refractivity contribution in [3.63, 3.8) is 0 Å². The van der Waals surface area contributed by atoms with E-state index in [2.05, 4.69) is 25.7 Å². The van der Waals surface area contributed by atoms with Crippen LogP contribution in [0.15, 0.2) is 23.2 Å². The quantitative estimate of drug-likeness (QED) is 0.380. The van der Waals surface area contributed by atoms with Gasteiger partial charge in [0.25, 0.3) is 0 Å². The molecule has 1 aromatic rings. The first-order chi connectivity index (χ1) is 12.1. The van der Waals surface area contributed by atoms with Gasteiger partial charge in [-0.2, -0.15) is 8.78 Å². The van der Waals surface area contributed by atoms with Gasteiger partial charge in [-0.1, -0.05) is 32.4 Å². The number of ether oxygens (including phenoxy) is 1. The predicted molar refractivity (Wildman–Crippen MR) is 98.8 cm³/mol. The number of alkyl halides is 2. The van der Waals surface area contributed by atoms with Crippen molar-refractivity contribution in [2.45, 2.75) is 33.9 Å². The van der Waals surface area contributed by atoms with E-state index in [1.165, 1.54) is 12.1 Å². The number of guanidine groups is 1. The van der Waals surface area contributed by atoms with Crippen LogP contribution in [-0.2, 0) is 11.3 Å². The van der Waals surface area contributed by atoms with Crippen molar-refractivity contribution in [1.29, 1.82) is 0 Å². The average Bonchev–Trinajstić information content (AvgIpc) is 2.54. The van der Waals surface area contributed by atoms with Crippen molar-refractivity contribution in [1.82, 2.24) is 16.0 Å². The van der Waals surface area contributed by atoms with Crippen LogP contribution in [0.5, 0.6) is 5.75 Å². The van der Waals surface area contributed by atoms with Crippen LogP contribution >= 0.6 is 11.6 Å². The molecule has 0 saturated heterocycles. The number of carbonyl (C=O) groups is 1. The number of halogens is 3. The van der Waals surface area contributed by atoms with Gasteiger partial charge < -0.3 is 20.7 Å². The van der Waals surface area contributed by atoms with E-state index in [0.29, 0.717) is 29.6 Å². The van der Waals surface area contributed by atoms with E-state index in [9.17, 15) is 13.6 Å². The maximum absolute atomic E-state index is 12.5. The molecule has 146 valence electrons. The zero-order valence-corrected chi connectivity index (χ0v) is 16.1. The van der Waals surface area contributed by atoms with Crippen molar-refractivity contribution in [3.8, 4) is 5.75 Å². The molecule has 9 heteroatoms. The molecule has 0 saturated carbocycles. The molecule has 0 spiro atoms. The number of benzene rings is 1. The fourth-order valence-corrected chi connectivity index (χ4v) is 2.11. The molecule has 0 aliphatic carbocycles. The smallest absolute Gasteiger partial charge is 0.387 e. The molecule has 0 aliphatic rings. The van der Waals surface area contributed by atoms with Gasteiger partial charge in [0.2, 0.25) is 5.91 Å². The van der Waals surface area contributed by atoms with Crippen molar-refractivity contribution in [2.75, 3.05) is 20.1 Å². The fourth-order valence-electron chi connectivity index (χ4n) is 1.92. The summed E-state index contributed by atoms with van der Waals surface area (Å²) in [6, 6.07) is 4.42. The number of amides is 1. The first-order valence-corrected chi connectivity index (χ1v) is 8.47. The molecule has 0 radical (unpaired) electrons. The zero-order valence-electron chi connectivity index (χ0n) is 15.3. The SMILES string of the molecule is CN=C(NCCNC(=O)C(C)(C)C)NCc1cc(Cl)ccc1OC(F)F. The first kappa shape index (κ1) is 22.0. The third kappa shape index (κ3) is 7.86. The Morgan fingerprint density at radius 2 is 1.88 bits per heavy atom. The lowest BCUT2D eigenvalue weighted by Gasteiger charge is -2.18. The standard InChI is InChI=1S/C17H25ClF2N4O2/c1-17(2,3)14(25)22-7-8-23-16(21-4)24-10-11-9-12(18)5-6-13(11)26-15(19)20/h5-6,9,15H,7-8,10H2,1-4H3,(H,22,25)(H2,21,23,24). The Morgan fingerprint density at radius 3 is 2.46 bits per heavy atom. The number of nitrogens with one attached hydrogen (secondary N) is 3. The second-order valence-corrected chi connectivity index (χ2v) is 6.93. The van der Waals surface area contributed by atoms with Gasteiger partial charge in [0.15, 0.2) is 5.96 Å². The second kappa shape index (κ2) is 10.2. The van der Waals surface area contributed by atoms with Crippen LogP contribution < -0.4 is 20.7 Å². The number of rotatable bonds is 7. The van der Waals surface area contributed by atoms with Crippen LogP contribution in [0, 0.1) is 5.41 Å². The van der Waals surface area contributed by atoms with Crippen LogP contribution in [0.25, 0.3) is 0 Å². The summed E-state index contributed by atoms with van der Waals surface area (Å²) < 4.78 is 29.4. The van der Waals surface area contributed by atoms with Crippen LogP contribution in [0.4, 0.5) is 8.78 Å². The van der Waals surface area contributed by atoms with E-state index in [1.807, 2.05) is 20.8 Å². The molecule has 0 aliphatic heterocycles. The second-order valence-electron chi connectivity index (χ2n) is 6.49. The molecule has 0 fully saturated rings. The molecule has 0 aromatic heterocycles. The van der Waals surface area contributed by atoms with E-state index in [0.717, 1.165) is 0 Å². The van der Waals surface area contributed by atoms with Gasteiger partial charge in [0.05, 0.1) is 0 Å². The topological polar surface area (TPSA) is 74.8 Å². The zero-order chi connectivity index (χ0) is 19.7. The summed E-state index contributed by atoms with van der Waals surface area (Å²) in [6.45, 7) is 3.65. The summed E-state index contributed by atoms with van der Waals surface area (Å²) >= 11 is 5.91. The summed E-state index contributed by atoms with van der Waals surface area (Å²) in [6.07, 6.45) is 0.